The fourth-order valence-corrected chi connectivity index (χ4v) is 1.91. The average Bonchev–Trinajstić information content (AvgIpc) is 2.25. The van der Waals surface area contributed by atoms with Crippen molar-refractivity contribution in [1.82, 2.24) is 5.32 Å². The number of benzene rings is 1. The molecule has 1 saturated heterocycles. The molecule has 1 amide bonds. The van der Waals surface area contributed by atoms with E-state index < -0.39 is 0 Å². The monoisotopic (exact) mass is 219 g/mol. The van der Waals surface area contributed by atoms with E-state index in [1.807, 2.05) is 25.1 Å². The van der Waals surface area contributed by atoms with E-state index in [1.54, 1.807) is 0 Å². The molecule has 4 nitrogen and oxygen atoms in total. The van der Waals surface area contributed by atoms with E-state index in [0.717, 1.165) is 30.6 Å². The Hall–Kier alpha value is -1.71. The minimum Gasteiger partial charge on any atom is -0.397 e. The molecule has 1 aromatic carbocycles. The lowest BCUT2D eigenvalue weighted by Gasteiger charge is -2.24. The van der Waals surface area contributed by atoms with Crippen molar-refractivity contribution in [1.29, 1.82) is 0 Å². The van der Waals surface area contributed by atoms with Gasteiger partial charge in [-0.2, -0.15) is 0 Å². The molecule has 1 fully saturated rings. The van der Waals surface area contributed by atoms with E-state index in [2.05, 4.69) is 10.6 Å². The quantitative estimate of drug-likeness (QED) is 0.656. The fourth-order valence-electron chi connectivity index (χ4n) is 1.91. The predicted molar refractivity (Wildman–Crippen MR) is 65.2 cm³/mol. The molecule has 4 N–H and O–H groups in total. The lowest BCUT2D eigenvalue weighted by atomic mass is 10.1. The zero-order chi connectivity index (χ0) is 11.5. The highest BCUT2D eigenvalue weighted by Crippen LogP contribution is 2.21. The highest BCUT2D eigenvalue weighted by atomic mass is 16.2. The minimum atomic E-state index is -0.154. The zero-order valence-electron chi connectivity index (χ0n) is 9.42. The predicted octanol–water partition coefficient (Wildman–Crippen LogP) is 1.27. The summed E-state index contributed by atoms with van der Waals surface area (Å²) in [4.78, 5) is 11.6. The van der Waals surface area contributed by atoms with Crippen LogP contribution in [0.5, 0.6) is 0 Å². The van der Waals surface area contributed by atoms with Gasteiger partial charge in [-0.05, 0) is 37.5 Å². The number of aryl methyl sites for hydroxylation is 1. The summed E-state index contributed by atoms with van der Waals surface area (Å²) in [7, 11) is 0. The molecule has 0 saturated carbocycles. The maximum atomic E-state index is 11.6. The smallest absolute Gasteiger partial charge is 0.242 e. The third kappa shape index (κ3) is 2.27. The highest BCUT2D eigenvalue weighted by Gasteiger charge is 2.21. The Kier molecular flexibility index (Phi) is 2.99. The zero-order valence-corrected chi connectivity index (χ0v) is 9.42. The normalized spacial score (nSPS) is 20.3. The maximum absolute atomic E-state index is 11.6. The molecule has 16 heavy (non-hydrogen) atoms. The van der Waals surface area contributed by atoms with Gasteiger partial charge in [-0.25, -0.2) is 0 Å². The number of piperidine rings is 1. The number of anilines is 2. The van der Waals surface area contributed by atoms with Gasteiger partial charge in [0.2, 0.25) is 5.91 Å². The Bertz CT molecular complexity index is 403. The Morgan fingerprint density at radius 2 is 2.31 bits per heavy atom. The van der Waals surface area contributed by atoms with Crippen LogP contribution in [0.25, 0.3) is 0 Å². The van der Waals surface area contributed by atoms with Gasteiger partial charge in [0.1, 0.15) is 6.04 Å². The van der Waals surface area contributed by atoms with Crippen LogP contribution < -0.4 is 16.4 Å². The molecule has 0 bridgehead atoms. The number of nitrogen functional groups attached to an aromatic ring is 1. The van der Waals surface area contributed by atoms with Crippen LogP contribution >= 0.6 is 0 Å². The first-order chi connectivity index (χ1) is 7.66. The van der Waals surface area contributed by atoms with E-state index in [9.17, 15) is 4.79 Å². The van der Waals surface area contributed by atoms with Gasteiger partial charge in [0.05, 0.1) is 11.4 Å². The van der Waals surface area contributed by atoms with E-state index in [0.29, 0.717) is 5.69 Å². The number of carbonyl (C=O) groups excluding carboxylic acids is 1. The minimum absolute atomic E-state index is 0.0613. The summed E-state index contributed by atoms with van der Waals surface area (Å²) in [5, 5.41) is 6.03. The first kappa shape index (κ1) is 10.8. The molecule has 1 aromatic rings. The van der Waals surface area contributed by atoms with Crippen LogP contribution in [0.4, 0.5) is 11.4 Å². The standard InChI is InChI=1S/C12H17N3O/c1-8-4-5-10(9(13)7-8)15-11-3-2-6-14-12(11)16/h4-5,7,11,15H,2-3,6,13H2,1H3,(H,14,16). The van der Waals surface area contributed by atoms with Crippen LogP contribution in [0.15, 0.2) is 18.2 Å². The second kappa shape index (κ2) is 4.43. The van der Waals surface area contributed by atoms with E-state index in [4.69, 9.17) is 5.73 Å². The van der Waals surface area contributed by atoms with Crippen molar-refractivity contribution in [3.05, 3.63) is 23.8 Å². The van der Waals surface area contributed by atoms with Gasteiger partial charge in [-0.1, -0.05) is 6.07 Å². The van der Waals surface area contributed by atoms with Crippen LogP contribution in [0.3, 0.4) is 0 Å². The molecule has 86 valence electrons. The van der Waals surface area contributed by atoms with Crippen LogP contribution in [-0.2, 0) is 4.79 Å². The molecule has 1 unspecified atom stereocenters. The number of hydrogen-bond acceptors (Lipinski definition) is 3. The molecule has 1 aliphatic rings. The van der Waals surface area contributed by atoms with E-state index >= 15 is 0 Å². The van der Waals surface area contributed by atoms with Gasteiger partial charge in [-0.15, -0.1) is 0 Å². The summed E-state index contributed by atoms with van der Waals surface area (Å²) in [6.07, 6.45) is 1.87. The van der Waals surface area contributed by atoms with Gasteiger partial charge >= 0.3 is 0 Å². The first-order valence-corrected chi connectivity index (χ1v) is 5.57. The summed E-state index contributed by atoms with van der Waals surface area (Å²) >= 11 is 0. The summed E-state index contributed by atoms with van der Waals surface area (Å²) in [5.74, 6) is 0.0613. The van der Waals surface area contributed by atoms with Crippen LogP contribution in [0, 0.1) is 6.92 Å². The third-order valence-corrected chi connectivity index (χ3v) is 2.82. The van der Waals surface area contributed by atoms with Crippen LogP contribution in [-0.4, -0.2) is 18.5 Å². The summed E-state index contributed by atoms with van der Waals surface area (Å²) in [5.41, 5.74) is 8.54. The Morgan fingerprint density at radius 3 is 3.00 bits per heavy atom. The number of carbonyl (C=O) groups is 1. The van der Waals surface area contributed by atoms with Gasteiger partial charge in [0.15, 0.2) is 0 Å². The maximum Gasteiger partial charge on any atom is 0.242 e. The van der Waals surface area contributed by atoms with Gasteiger partial charge in [-0.3, -0.25) is 4.79 Å². The molecule has 0 radical (unpaired) electrons. The number of nitrogens with one attached hydrogen (secondary N) is 2. The number of hydrogen-bond donors (Lipinski definition) is 3. The molecule has 1 aliphatic heterocycles. The van der Waals surface area contributed by atoms with E-state index in [1.165, 1.54) is 0 Å². The molecule has 0 aliphatic carbocycles. The Labute approximate surface area is 95.2 Å². The van der Waals surface area contributed by atoms with Crippen molar-refractivity contribution >= 4 is 17.3 Å². The molecule has 0 spiro atoms. The van der Waals surface area contributed by atoms with Gasteiger partial charge in [0.25, 0.3) is 0 Å². The second-order valence-corrected chi connectivity index (χ2v) is 4.22. The number of amides is 1. The van der Waals surface area contributed by atoms with Crippen LogP contribution in [0.2, 0.25) is 0 Å². The van der Waals surface area contributed by atoms with Crippen LogP contribution in [0.1, 0.15) is 18.4 Å². The fraction of sp³-hybridized carbons (Fsp3) is 0.417. The summed E-state index contributed by atoms with van der Waals surface area (Å²) < 4.78 is 0. The van der Waals surface area contributed by atoms with E-state index in [-0.39, 0.29) is 11.9 Å². The van der Waals surface area contributed by atoms with Crippen molar-refractivity contribution in [3.8, 4) is 0 Å². The average molecular weight is 219 g/mol. The Morgan fingerprint density at radius 1 is 1.50 bits per heavy atom. The van der Waals surface area contributed by atoms with Crippen molar-refractivity contribution in [2.45, 2.75) is 25.8 Å². The lowest BCUT2D eigenvalue weighted by Crippen LogP contribution is -2.44. The molecule has 2 rings (SSSR count). The van der Waals surface area contributed by atoms with Crippen molar-refractivity contribution in [3.63, 3.8) is 0 Å². The number of nitrogens with two attached hydrogens (primary N) is 1. The van der Waals surface area contributed by atoms with Crippen molar-refractivity contribution in [2.24, 2.45) is 0 Å². The lowest BCUT2D eigenvalue weighted by molar-refractivity contribution is -0.123. The topological polar surface area (TPSA) is 67.1 Å². The number of rotatable bonds is 2. The second-order valence-electron chi connectivity index (χ2n) is 4.22. The molecule has 1 atom stereocenters. The molecular weight excluding hydrogens is 202 g/mol. The SMILES string of the molecule is Cc1ccc(NC2CCCNC2=O)c(N)c1. The third-order valence-electron chi connectivity index (χ3n) is 2.82. The first-order valence-electron chi connectivity index (χ1n) is 5.57. The van der Waals surface area contributed by atoms with Crippen molar-refractivity contribution in [2.75, 3.05) is 17.6 Å². The molecule has 1 heterocycles. The summed E-state index contributed by atoms with van der Waals surface area (Å²) in [6, 6.07) is 5.66. The van der Waals surface area contributed by atoms with Gasteiger partial charge in [0, 0.05) is 6.54 Å². The molecule has 0 aromatic heterocycles. The van der Waals surface area contributed by atoms with Crippen molar-refractivity contribution < 1.29 is 4.79 Å². The van der Waals surface area contributed by atoms with Gasteiger partial charge < -0.3 is 16.4 Å². The Balaban J connectivity index is 2.10. The highest BCUT2D eigenvalue weighted by molar-refractivity contribution is 5.86. The largest absolute Gasteiger partial charge is 0.397 e. The summed E-state index contributed by atoms with van der Waals surface area (Å²) in [6.45, 7) is 2.77. The molecular formula is C12H17N3O. The molecule has 4 heteroatoms.